The molecule has 0 saturated carbocycles. The standard InChI is InChI=1S/C12H15N3S/c1-9(7-10-4-6-16-8-10)15-12-11(13)3-2-5-14-12/h2-6,8-9H,7,13H2,1H3,(H,14,15). The molecule has 1 atom stereocenters. The van der Waals surface area contributed by atoms with Gasteiger partial charge in [-0.05, 0) is 47.9 Å². The van der Waals surface area contributed by atoms with Crippen molar-refractivity contribution in [3.63, 3.8) is 0 Å². The number of nitrogen functional groups attached to an aromatic ring is 1. The molecule has 2 heterocycles. The van der Waals surface area contributed by atoms with Crippen molar-refractivity contribution in [1.82, 2.24) is 4.98 Å². The highest BCUT2D eigenvalue weighted by Crippen LogP contribution is 2.16. The van der Waals surface area contributed by atoms with Crippen LogP contribution >= 0.6 is 11.3 Å². The van der Waals surface area contributed by atoms with Crippen LogP contribution in [0.25, 0.3) is 0 Å². The summed E-state index contributed by atoms with van der Waals surface area (Å²) in [6.07, 6.45) is 2.73. The summed E-state index contributed by atoms with van der Waals surface area (Å²) in [7, 11) is 0. The molecule has 2 aromatic heterocycles. The first-order chi connectivity index (χ1) is 7.75. The summed E-state index contributed by atoms with van der Waals surface area (Å²) in [4.78, 5) is 4.21. The van der Waals surface area contributed by atoms with Crippen molar-refractivity contribution in [3.05, 3.63) is 40.7 Å². The van der Waals surface area contributed by atoms with E-state index in [1.54, 1.807) is 17.5 Å². The van der Waals surface area contributed by atoms with Gasteiger partial charge in [-0.25, -0.2) is 4.98 Å². The number of rotatable bonds is 4. The van der Waals surface area contributed by atoms with Gasteiger partial charge in [0.1, 0.15) is 5.82 Å². The monoisotopic (exact) mass is 233 g/mol. The Labute approximate surface area is 99.3 Å². The minimum atomic E-state index is 0.326. The van der Waals surface area contributed by atoms with Gasteiger partial charge in [0.25, 0.3) is 0 Å². The second-order valence-corrected chi connectivity index (χ2v) is 4.60. The number of nitrogens with zero attached hydrogens (tertiary/aromatic N) is 1. The van der Waals surface area contributed by atoms with Crippen molar-refractivity contribution in [1.29, 1.82) is 0 Å². The molecule has 2 aromatic rings. The summed E-state index contributed by atoms with van der Waals surface area (Å²) >= 11 is 1.72. The van der Waals surface area contributed by atoms with E-state index in [-0.39, 0.29) is 0 Å². The van der Waals surface area contributed by atoms with Crippen molar-refractivity contribution < 1.29 is 0 Å². The molecule has 0 radical (unpaired) electrons. The van der Waals surface area contributed by atoms with E-state index >= 15 is 0 Å². The minimum absolute atomic E-state index is 0.326. The lowest BCUT2D eigenvalue weighted by Crippen LogP contribution is -2.19. The van der Waals surface area contributed by atoms with Gasteiger partial charge in [0.2, 0.25) is 0 Å². The molecular weight excluding hydrogens is 218 g/mol. The van der Waals surface area contributed by atoms with E-state index in [0.717, 1.165) is 12.2 Å². The van der Waals surface area contributed by atoms with Crippen molar-refractivity contribution in [2.24, 2.45) is 0 Å². The van der Waals surface area contributed by atoms with Gasteiger partial charge >= 0.3 is 0 Å². The molecule has 3 nitrogen and oxygen atoms in total. The van der Waals surface area contributed by atoms with Crippen molar-refractivity contribution in [2.75, 3.05) is 11.1 Å². The lowest BCUT2D eigenvalue weighted by Gasteiger charge is -2.14. The summed E-state index contributed by atoms with van der Waals surface area (Å²) in [6.45, 7) is 2.13. The number of aromatic nitrogens is 1. The highest BCUT2D eigenvalue weighted by Gasteiger charge is 2.06. The first-order valence-corrected chi connectivity index (χ1v) is 6.18. The van der Waals surface area contributed by atoms with Crippen LogP contribution in [0.1, 0.15) is 12.5 Å². The molecule has 0 fully saturated rings. The first kappa shape index (κ1) is 11.0. The second-order valence-electron chi connectivity index (χ2n) is 3.82. The van der Waals surface area contributed by atoms with Gasteiger partial charge in [-0.3, -0.25) is 0 Å². The molecule has 0 saturated heterocycles. The van der Waals surface area contributed by atoms with Crippen LogP contribution < -0.4 is 11.1 Å². The fraction of sp³-hybridized carbons (Fsp3) is 0.250. The number of hydrogen-bond acceptors (Lipinski definition) is 4. The van der Waals surface area contributed by atoms with Gasteiger partial charge in [-0.15, -0.1) is 0 Å². The molecule has 1 unspecified atom stereocenters. The topological polar surface area (TPSA) is 50.9 Å². The van der Waals surface area contributed by atoms with E-state index < -0.39 is 0 Å². The summed E-state index contributed by atoms with van der Waals surface area (Å²) in [5, 5.41) is 7.58. The predicted octanol–water partition coefficient (Wildman–Crippen LogP) is 2.77. The Bertz CT molecular complexity index is 439. The van der Waals surface area contributed by atoms with Crippen LogP contribution in [-0.2, 0) is 6.42 Å². The Kier molecular flexibility index (Phi) is 3.41. The molecule has 0 aromatic carbocycles. The predicted molar refractivity (Wildman–Crippen MR) is 69.8 cm³/mol. The molecule has 4 heteroatoms. The Balaban J connectivity index is 1.97. The Morgan fingerprint density at radius 3 is 3.06 bits per heavy atom. The molecule has 0 aliphatic heterocycles. The number of nitrogens with one attached hydrogen (secondary N) is 1. The fourth-order valence-electron chi connectivity index (χ4n) is 1.59. The molecule has 0 amide bonds. The van der Waals surface area contributed by atoms with E-state index in [9.17, 15) is 0 Å². The average molecular weight is 233 g/mol. The highest BCUT2D eigenvalue weighted by molar-refractivity contribution is 7.07. The van der Waals surface area contributed by atoms with Crippen LogP contribution in [0.15, 0.2) is 35.2 Å². The Morgan fingerprint density at radius 1 is 1.50 bits per heavy atom. The molecular formula is C12H15N3S. The molecule has 0 aliphatic carbocycles. The molecule has 0 aliphatic rings. The number of nitrogens with two attached hydrogens (primary N) is 1. The van der Waals surface area contributed by atoms with Gasteiger partial charge in [-0.2, -0.15) is 11.3 Å². The SMILES string of the molecule is CC(Cc1ccsc1)Nc1ncccc1N. The molecule has 3 N–H and O–H groups in total. The molecule has 84 valence electrons. The number of thiophene rings is 1. The summed E-state index contributed by atoms with van der Waals surface area (Å²) < 4.78 is 0. The van der Waals surface area contributed by atoms with Crippen LogP contribution in [0.3, 0.4) is 0 Å². The summed E-state index contributed by atoms with van der Waals surface area (Å²) in [5.74, 6) is 0.769. The summed E-state index contributed by atoms with van der Waals surface area (Å²) in [6, 6.07) is 6.16. The Morgan fingerprint density at radius 2 is 2.38 bits per heavy atom. The van der Waals surface area contributed by atoms with Crippen LogP contribution in [0.4, 0.5) is 11.5 Å². The molecule has 0 bridgehead atoms. The van der Waals surface area contributed by atoms with Crippen molar-refractivity contribution in [2.45, 2.75) is 19.4 Å². The summed E-state index contributed by atoms with van der Waals surface area (Å²) in [5.41, 5.74) is 7.86. The molecule has 0 spiro atoms. The number of anilines is 2. The number of pyridine rings is 1. The smallest absolute Gasteiger partial charge is 0.149 e. The second kappa shape index (κ2) is 4.99. The minimum Gasteiger partial charge on any atom is -0.396 e. The Hall–Kier alpha value is -1.55. The normalized spacial score (nSPS) is 12.3. The van der Waals surface area contributed by atoms with Gasteiger partial charge in [0.05, 0.1) is 5.69 Å². The quantitative estimate of drug-likeness (QED) is 0.853. The zero-order valence-corrected chi connectivity index (χ0v) is 10.00. The maximum Gasteiger partial charge on any atom is 0.149 e. The van der Waals surface area contributed by atoms with E-state index in [1.165, 1.54) is 5.56 Å². The third-order valence-corrected chi connectivity index (χ3v) is 3.08. The van der Waals surface area contributed by atoms with E-state index in [1.807, 2.05) is 12.1 Å². The van der Waals surface area contributed by atoms with Crippen molar-refractivity contribution in [3.8, 4) is 0 Å². The maximum atomic E-state index is 5.82. The van der Waals surface area contributed by atoms with Gasteiger partial charge in [0.15, 0.2) is 0 Å². The highest BCUT2D eigenvalue weighted by atomic mass is 32.1. The molecule has 2 rings (SSSR count). The van der Waals surface area contributed by atoms with Crippen LogP contribution in [-0.4, -0.2) is 11.0 Å². The zero-order valence-electron chi connectivity index (χ0n) is 9.18. The van der Waals surface area contributed by atoms with Gasteiger partial charge < -0.3 is 11.1 Å². The largest absolute Gasteiger partial charge is 0.396 e. The molecule has 16 heavy (non-hydrogen) atoms. The third-order valence-electron chi connectivity index (χ3n) is 2.34. The van der Waals surface area contributed by atoms with Crippen LogP contribution in [0, 0.1) is 0 Å². The fourth-order valence-corrected chi connectivity index (χ4v) is 2.27. The van der Waals surface area contributed by atoms with Crippen LogP contribution in [0.2, 0.25) is 0 Å². The first-order valence-electron chi connectivity index (χ1n) is 5.24. The average Bonchev–Trinajstić information content (AvgIpc) is 2.74. The van der Waals surface area contributed by atoms with E-state index in [2.05, 4.69) is 34.1 Å². The number of hydrogen-bond donors (Lipinski definition) is 2. The van der Waals surface area contributed by atoms with Crippen molar-refractivity contribution >= 4 is 22.8 Å². The lowest BCUT2D eigenvalue weighted by molar-refractivity contribution is 0.787. The van der Waals surface area contributed by atoms with Crippen LogP contribution in [0.5, 0.6) is 0 Å². The van der Waals surface area contributed by atoms with Gasteiger partial charge in [-0.1, -0.05) is 0 Å². The van der Waals surface area contributed by atoms with Gasteiger partial charge in [0, 0.05) is 12.2 Å². The zero-order chi connectivity index (χ0) is 11.4. The lowest BCUT2D eigenvalue weighted by atomic mass is 10.1. The van der Waals surface area contributed by atoms with E-state index in [4.69, 9.17) is 5.73 Å². The van der Waals surface area contributed by atoms with E-state index in [0.29, 0.717) is 11.7 Å². The maximum absolute atomic E-state index is 5.82. The third kappa shape index (κ3) is 2.73.